The van der Waals surface area contributed by atoms with Crippen molar-refractivity contribution in [3.8, 4) is 0 Å². The summed E-state index contributed by atoms with van der Waals surface area (Å²) >= 11 is 0. The largest absolute Gasteiger partial charge is 0.354 e. The first-order valence-corrected chi connectivity index (χ1v) is 9.04. The fourth-order valence-electron chi connectivity index (χ4n) is 3.66. The number of nitrogens with one attached hydrogen (secondary N) is 1. The molecule has 0 aromatic carbocycles. The molecule has 2 atom stereocenters. The summed E-state index contributed by atoms with van der Waals surface area (Å²) in [5, 5.41) is 3.11. The second-order valence-electron chi connectivity index (χ2n) is 7.12. The van der Waals surface area contributed by atoms with Crippen molar-refractivity contribution >= 4 is 11.7 Å². The van der Waals surface area contributed by atoms with Crippen LogP contribution in [0, 0.1) is 5.92 Å². The number of aromatic nitrogens is 1. The van der Waals surface area contributed by atoms with Crippen LogP contribution in [0.25, 0.3) is 0 Å². The van der Waals surface area contributed by atoms with E-state index in [1.165, 1.54) is 0 Å². The lowest BCUT2D eigenvalue weighted by Crippen LogP contribution is -2.45. The molecule has 1 aromatic rings. The number of carbonyl (C=O) groups excluding carboxylic acids is 1. The van der Waals surface area contributed by atoms with E-state index in [-0.39, 0.29) is 17.9 Å². The summed E-state index contributed by atoms with van der Waals surface area (Å²) in [5.74, 6) is 1.21. The number of anilines is 1. The maximum atomic E-state index is 12.4. The number of hydrogen-bond donors (Lipinski definition) is 2. The van der Waals surface area contributed by atoms with Crippen molar-refractivity contribution in [3.05, 3.63) is 23.9 Å². The molecular formula is C18H29N5O. The number of nitrogens with two attached hydrogens (primary N) is 1. The highest BCUT2D eigenvalue weighted by atomic mass is 16.1. The quantitative estimate of drug-likeness (QED) is 0.860. The number of piperazine rings is 1. The lowest BCUT2D eigenvalue weighted by atomic mass is 9.85. The molecule has 6 nitrogen and oxygen atoms in total. The minimum atomic E-state index is 0.0671. The molecule has 132 valence electrons. The predicted octanol–water partition coefficient (Wildman–Crippen LogP) is 0.967. The molecule has 0 spiro atoms. The number of carbonyl (C=O) groups is 1. The molecule has 1 aliphatic heterocycles. The highest BCUT2D eigenvalue weighted by Gasteiger charge is 2.25. The first kappa shape index (κ1) is 17.2. The molecule has 0 radical (unpaired) electrons. The predicted molar refractivity (Wildman–Crippen MR) is 95.7 cm³/mol. The number of likely N-dealkylation sites (N-methyl/N-ethyl adjacent to an activating group) is 1. The molecule has 0 bridgehead atoms. The molecular weight excluding hydrogens is 302 g/mol. The first-order valence-electron chi connectivity index (χ1n) is 9.04. The van der Waals surface area contributed by atoms with Crippen molar-refractivity contribution in [1.29, 1.82) is 0 Å². The van der Waals surface area contributed by atoms with Crippen LogP contribution in [0.3, 0.4) is 0 Å². The second kappa shape index (κ2) is 7.94. The normalized spacial score (nSPS) is 25.5. The molecule has 24 heavy (non-hydrogen) atoms. The van der Waals surface area contributed by atoms with Gasteiger partial charge in [0.05, 0.1) is 0 Å². The summed E-state index contributed by atoms with van der Waals surface area (Å²) in [4.78, 5) is 21.7. The van der Waals surface area contributed by atoms with Gasteiger partial charge in [-0.1, -0.05) is 12.5 Å². The molecule has 2 unspecified atom stereocenters. The van der Waals surface area contributed by atoms with Crippen LogP contribution in [-0.4, -0.2) is 55.1 Å². The molecule has 1 aliphatic carbocycles. The van der Waals surface area contributed by atoms with Crippen molar-refractivity contribution in [3.63, 3.8) is 0 Å². The molecule has 6 heteroatoms. The van der Waals surface area contributed by atoms with E-state index < -0.39 is 0 Å². The molecule has 1 saturated carbocycles. The van der Waals surface area contributed by atoms with Gasteiger partial charge in [0.1, 0.15) is 5.82 Å². The number of pyridine rings is 1. The van der Waals surface area contributed by atoms with E-state index in [0.717, 1.165) is 63.2 Å². The van der Waals surface area contributed by atoms with Crippen molar-refractivity contribution in [2.75, 3.05) is 38.1 Å². The van der Waals surface area contributed by atoms with E-state index in [4.69, 9.17) is 5.73 Å². The van der Waals surface area contributed by atoms with Crippen LogP contribution in [0.2, 0.25) is 0 Å². The lowest BCUT2D eigenvalue weighted by molar-refractivity contribution is -0.126. The van der Waals surface area contributed by atoms with Crippen LogP contribution >= 0.6 is 0 Å². The van der Waals surface area contributed by atoms with Crippen LogP contribution in [0.4, 0.5) is 5.82 Å². The van der Waals surface area contributed by atoms with Crippen molar-refractivity contribution < 1.29 is 4.79 Å². The van der Waals surface area contributed by atoms with Gasteiger partial charge in [0.2, 0.25) is 5.91 Å². The van der Waals surface area contributed by atoms with Crippen LogP contribution in [-0.2, 0) is 11.3 Å². The van der Waals surface area contributed by atoms with Gasteiger partial charge in [-0.25, -0.2) is 4.98 Å². The van der Waals surface area contributed by atoms with E-state index in [1.54, 1.807) is 0 Å². The monoisotopic (exact) mass is 331 g/mol. The third-order valence-corrected chi connectivity index (χ3v) is 5.21. The van der Waals surface area contributed by atoms with Crippen molar-refractivity contribution in [2.24, 2.45) is 11.7 Å². The Kier molecular flexibility index (Phi) is 5.68. The Morgan fingerprint density at radius 2 is 2.12 bits per heavy atom. The van der Waals surface area contributed by atoms with E-state index in [2.05, 4.69) is 33.2 Å². The van der Waals surface area contributed by atoms with Gasteiger partial charge >= 0.3 is 0 Å². The summed E-state index contributed by atoms with van der Waals surface area (Å²) in [6, 6.07) is 4.18. The molecule has 1 amide bonds. The fourth-order valence-corrected chi connectivity index (χ4v) is 3.66. The summed E-state index contributed by atoms with van der Waals surface area (Å²) in [6.07, 6.45) is 5.69. The van der Waals surface area contributed by atoms with Crippen molar-refractivity contribution in [2.45, 2.75) is 38.3 Å². The molecule has 2 aliphatic rings. The van der Waals surface area contributed by atoms with Crippen LogP contribution in [0.1, 0.15) is 31.2 Å². The van der Waals surface area contributed by atoms with Crippen molar-refractivity contribution in [1.82, 2.24) is 15.2 Å². The Labute approximate surface area is 144 Å². The average Bonchev–Trinajstić information content (AvgIpc) is 2.61. The standard InChI is InChI=1S/C18H29N5O/c1-22-8-10-23(11-9-22)17-15(5-3-7-20-17)13-21-18(24)14-4-2-6-16(19)12-14/h3,5,7,14,16H,2,4,6,8-13,19H2,1H3,(H,21,24). The number of rotatable bonds is 4. The zero-order valence-corrected chi connectivity index (χ0v) is 14.6. The maximum Gasteiger partial charge on any atom is 0.223 e. The maximum absolute atomic E-state index is 12.4. The van der Waals surface area contributed by atoms with Gasteiger partial charge in [0.25, 0.3) is 0 Å². The highest BCUT2D eigenvalue weighted by Crippen LogP contribution is 2.24. The molecule has 2 fully saturated rings. The molecule has 3 rings (SSSR count). The summed E-state index contributed by atoms with van der Waals surface area (Å²) < 4.78 is 0. The van der Waals surface area contributed by atoms with E-state index >= 15 is 0 Å². The first-order chi connectivity index (χ1) is 11.6. The van der Waals surface area contributed by atoms with E-state index in [0.29, 0.717) is 6.54 Å². The minimum absolute atomic E-state index is 0.0671. The van der Waals surface area contributed by atoms with Gasteiger partial charge in [-0.2, -0.15) is 0 Å². The summed E-state index contributed by atoms with van der Waals surface area (Å²) in [7, 11) is 2.14. The number of amides is 1. The lowest BCUT2D eigenvalue weighted by Gasteiger charge is -2.34. The Hall–Kier alpha value is -1.66. The van der Waals surface area contributed by atoms with Gasteiger partial charge in [0, 0.05) is 56.4 Å². The summed E-state index contributed by atoms with van der Waals surface area (Å²) in [5.41, 5.74) is 7.10. The Bertz CT molecular complexity index is 556. The number of hydrogen-bond acceptors (Lipinski definition) is 5. The van der Waals surface area contributed by atoms with Gasteiger partial charge < -0.3 is 20.9 Å². The summed E-state index contributed by atoms with van der Waals surface area (Å²) in [6.45, 7) is 4.59. The van der Waals surface area contributed by atoms with E-state index in [9.17, 15) is 4.79 Å². The fraction of sp³-hybridized carbons (Fsp3) is 0.667. The third-order valence-electron chi connectivity index (χ3n) is 5.21. The Balaban J connectivity index is 1.60. The molecule has 3 N–H and O–H groups in total. The average molecular weight is 331 g/mol. The topological polar surface area (TPSA) is 74.5 Å². The highest BCUT2D eigenvalue weighted by molar-refractivity contribution is 5.79. The third kappa shape index (κ3) is 4.24. The minimum Gasteiger partial charge on any atom is -0.354 e. The van der Waals surface area contributed by atoms with Crippen LogP contribution in [0.15, 0.2) is 18.3 Å². The second-order valence-corrected chi connectivity index (χ2v) is 7.12. The Morgan fingerprint density at radius 3 is 2.88 bits per heavy atom. The molecule has 2 heterocycles. The van der Waals surface area contributed by atoms with Gasteiger partial charge in [0.15, 0.2) is 0 Å². The van der Waals surface area contributed by atoms with Gasteiger partial charge in [-0.05, 0) is 32.4 Å². The zero-order valence-electron chi connectivity index (χ0n) is 14.6. The van der Waals surface area contributed by atoms with Gasteiger partial charge in [-0.3, -0.25) is 4.79 Å². The number of nitrogens with zero attached hydrogens (tertiary/aromatic N) is 3. The molecule has 1 aromatic heterocycles. The smallest absolute Gasteiger partial charge is 0.223 e. The SMILES string of the molecule is CN1CCN(c2ncccc2CNC(=O)C2CCCC(N)C2)CC1. The van der Waals surface area contributed by atoms with E-state index in [1.807, 2.05) is 12.3 Å². The van der Waals surface area contributed by atoms with Gasteiger partial charge in [-0.15, -0.1) is 0 Å². The van der Waals surface area contributed by atoms with Crippen LogP contribution in [0.5, 0.6) is 0 Å². The Morgan fingerprint density at radius 1 is 1.33 bits per heavy atom. The molecule has 1 saturated heterocycles. The van der Waals surface area contributed by atoms with Crippen LogP contribution < -0.4 is 16.0 Å². The zero-order chi connectivity index (χ0) is 16.9.